The highest BCUT2D eigenvalue weighted by Gasteiger charge is 2.47. The number of aromatic nitrogens is 4. The molecule has 1 aromatic carbocycles. The third kappa shape index (κ3) is 8.75. The van der Waals surface area contributed by atoms with E-state index in [-0.39, 0.29) is 47.7 Å². The number of ether oxygens (including phenoxy) is 2. The van der Waals surface area contributed by atoms with Gasteiger partial charge in [0.15, 0.2) is 27.8 Å². The maximum absolute atomic E-state index is 11.0. The standard InChI is InChI=1S/C32H52N6O7Si2/c1-31(2,3)46(7,8)43-20-25-24(45-47(9,10)32(4,5)6)19-26(44-25)37-21-34-27-28(37)35-30(33-16-17-39)36-29(27)42-18-15-22-11-13-23(14-12-22)38(40)41/h11-14,21,24-26,39H,15-20H2,1-10H3,(H,33,35,36)/t24-,25+,26+/m0/s1. The molecule has 1 fully saturated rings. The Hall–Kier alpha value is -2.96. The minimum atomic E-state index is -2.14. The van der Waals surface area contributed by atoms with Gasteiger partial charge in [0.2, 0.25) is 11.8 Å². The lowest BCUT2D eigenvalue weighted by Gasteiger charge is -2.40. The molecule has 260 valence electrons. The number of imidazole rings is 1. The Balaban J connectivity index is 1.61. The number of hydrogen-bond donors (Lipinski definition) is 2. The normalized spacial score (nSPS) is 19.3. The molecule has 0 aliphatic carbocycles. The Bertz CT molecular complexity index is 1520. The summed E-state index contributed by atoms with van der Waals surface area (Å²) in [6, 6.07) is 6.38. The lowest BCUT2D eigenvalue weighted by molar-refractivity contribution is -0.384. The third-order valence-electron chi connectivity index (χ3n) is 9.72. The number of hydrogen-bond acceptors (Lipinski definition) is 11. The summed E-state index contributed by atoms with van der Waals surface area (Å²) >= 11 is 0. The fraction of sp³-hybridized carbons (Fsp3) is 0.656. The number of rotatable bonds is 14. The van der Waals surface area contributed by atoms with E-state index in [2.05, 4.69) is 83.0 Å². The number of aliphatic hydroxyl groups excluding tert-OH is 1. The van der Waals surface area contributed by atoms with Gasteiger partial charge < -0.3 is 28.7 Å². The van der Waals surface area contributed by atoms with Crippen LogP contribution in [0.3, 0.4) is 0 Å². The Morgan fingerprint density at radius 2 is 1.72 bits per heavy atom. The largest absolute Gasteiger partial charge is 0.476 e. The Morgan fingerprint density at radius 3 is 2.32 bits per heavy atom. The number of aliphatic hydroxyl groups is 1. The molecule has 0 bridgehead atoms. The molecule has 1 saturated heterocycles. The number of nitro groups is 1. The van der Waals surface area contributed by atoms with Gasteiger partial charge in [-0.25, -0.2) is 4.98 Å². The molecule has 0 saturated carbocycles. The van der Waals surface area contributed by atoms with Crippen molar-refractivity contribution >= 4 is 39.4 Å². The van der Waals surface area contributed by atoms with Crippen molar-refractivity contribution < 1.29 is 28.4 Å². The molecule has 3 atom stereocenters. The van der Waals surface area contributed by atoms with Gasteiger partial charge in [0.05, 0.1) is 37.2 Å². The number of nitrogens with zero attached hydrogens (tertiary/aromatic N) is 5. The molecule has 13 nitrogen and oxygen atoms in total. The molecule has 0 radical (unpaired) electrons. The van der Waals surface area contributed by atoms with E-state index in [4.69, 9.17) is 23.3 Å². The Morgan fingerprint density at radius 1 is 1.06 bits per heavy atom. The highest BCUT2D eigenvalue weighted by atomic mass is 28.4. The molecule has 2 N–H and O–H groups in total. The van der Waals surface area contributed by atoms with Crippen LogP contribution in [0.25, 0.3) is 11.2 Å². The zero-order valence-corrected chi connectivity index (χ0v) is 31.5. The molecule has 3 aromatic rings. The topological polar surface area (TPSA) is 156 Å². The minimum Gasteiger partial charge on any atom is -0.476 e. The predicted molar refractivity (Wildman–Crippen MR) is 187 cm³/mol. The number of benzene rings is 1. The van der Waals surface area contributed by atoms with Crippen LogP contribution in [0.2, 0.25) is 36.3 Å². The first-order valence-corrected chi connectivity index (χ1v) is 22.1. The third-order valence-corrected chi connectivity index (χ3v) is 18.7. The van der Waals surface area contributed by atoms with Gasteiger partial charge in [-0.2, -0.15) is 9.97 Å². The lowest BCUT2D eigenvalue weighted by Crippen LogP contribution is -2.48. The average Bonchev–Trinajstić information content (AvgIpc) is 3.57. The number of nitrogens with one attached hydrogen (secondary N) is 1. The van der Waals surface area contributed by atoms with Gasteiger partial charge in [0.1, 0.15) is 12.3 Å². The quantitative estimate of drug-likeness (QED) is 0.109. The van der Waals surface area contributed by atoms with E-state index in [1.54, 1.807) is 18.5 Å². The molecule has 3 heterocycles. The van der Waals surface area contributed by atoms with Gasteiger partial charge >= 0.3 is 0 Å². The number of non-ortho nitro benzene ring substituents is 1. The van der Waals surface area contributed by atoms with Crippen molar-refractivity contribution in [3.8, 4) is 5.88 Å². The van der Waals surface area contributed by atoms with E-state index >= 15 is 0 Å². The zero-order valence-electron chi connectivity index (χ0n) is 29.5. The van der Waals surface area contributed by atoms with Crippen molar-refractivity contribution in [3.05, 3.63) is 46.3 Å². The summed E-state index contributed by atoms with van der Waals surface area (Å²) in [6.45, 7) is 23.3. The van der Waals surface area contributed by atoms with Crippen LogP contribution >= 0.6 is 0 Å². The zero-order chi connectivity index (χ0) is 34.8. The molecule has 2 aromatic heterocycles. The molecule has 1 aliphatic rings. The van der Waals surface area contributed by atoms with Crippen LogP contribution in [0, 0.1) is 10.1 Å². The van der Waals surface area contributed by atoms with Crippen molar-refractivity contribution in [3.63, 3.8) is 0 Å². The summed E-state index contributed by atoms with van der Waals surface area (Å²) < 4.78 is 28.4. The fourth-order valence-electron chi connectivity index (χ4n) is 4.71. The number of anilines is 1. The first-order chi connectivity index (χ1) is 21.8. The van der Waals surface area contributed by atoms with Crippen LogP contribution in [-0.2, 0) is 20.0 Å². The average molecular weight is 689 g/mol. The van der Waals surface area contributed by atoms with Gasteiger partial charge in [-0.1, -0.05) is 53.7 Å². The van der Waals surface area contributed by atoms with Gasteiger partial charge in [-0.3, -0.25) is 14.7 Å². The van der Waals surface area contributed by atoms with Crippen LogP contribution in [0.5, 0.6) is 5.88 Å². The Kier molecular flexibility index (Phi) is 11.2. The van der Waals surface area contributed by atoms with Gasteiger partial charge in [0, 0.05) is 31.5 Å². The maximum atomic E-state index is 11.0. The highest BCUT2D eigenvalue weighted by Crippen LogP contribution is 2.43. The highest BCUT2D eigenvalue weighted by molar-refractivity contribution is 6.74. The second-order valence-electron chi connectivity index (χ2n) is 15.2. The molecule has 15 heteroatoms. The van der Waals surface area contributed by atoms with Crippen molar-refractivity contribution in [1.82, 2.24) is 19.5 Å². The summed E-state index contributed by atoms with van der Waals surface area (Å²) in [5.74, 6) is 0.587. The van der Waals surface area contributed by atoms with E-state index in [1.807, 2.05) is 4.57 Å². The molecule has 0 spiro atoms. The van der Waals surface area contributed by atoms with Crippen molar-refractivity contribution in [2.24, 2.45) is 0 Å². The van der Waals surface area contributed by atoms with Crippen LogP contribution in [0.15, 0.2) is 30.6 Å². The maximum Gasteiger partial charge on any atom is 0.269 e. The van der Waals surface area contributed by atoms with Crippen LogP contribution in [-0.4, -0.2) is 84.8 Å². The molecule has 47 heavy (non-hydrogen) atoms. The predicted octanol–water partition coefficient (Wildman–Crippen LogP) is 6.46. The van der Waals surface area contributed by atoms with Crippen molar-refractivity contribution in [2.45, 2.75) is 109 Å². The molecule has 0 amide bonds. The van der Waals surface area contributed by atoms with E-state index in [9.17, 15) is 15.2 Å². The minimum absolute atomic E-state index is 0.0266. The number of fused-ring (bicyclic) bond motifs is 1. The first kappa shape index (κ1) is 36.9. The lowest BCUT2D eigenvalue weighted by atomic mass is 10.1. The first-order valence-electron chi connectivity index (χ1n) is 16.3. The van der Waals surface area contributed by atoms with E-state index in [0.29, 0.717) is 42.4 Å². The second kappa shape index (κ2) is 14.3. The summed E-state index contributed by atoms with van der Waals surface area (Å²) in [6.07, 6.45) is 1.96. The molecular weight excluding hydrogens is 637 g/mol. The SMILES string of the molecule is CC(C)(C)[Si](C)(C)OC[C@H]1O[C@@H](n2cnc3c(OCCc4ccc([N+](=O)[O-])cc4)nc(NCCO)nc32)C[C@@H]1O[Si](C)(C)C(C)(C)C. The molecule has 1 aliphatic heterocycles. The molecule has 0 unspecified atom stereocenters. The van der Waals surface area contributed by atoms with Crippen molar-refractivity contribution in [1.29, 1.82) is 0 Å². The van der Waals surface area contributed by atoms with Gasteiger partial charge in [-0.15, -0.1) is 0 Å². The molecule has 4 rings (SSSR count). The fourth-order valence-corrected chi connectivity index (χ4v) is 7.08. The monoisotopic (exact) mass is 688 g/mol. The smallest absolute Gasteiger partial charge is 0.269 e. The van der Waals surface area contributed by atoms with Crippen LogP contribution in [0.4, 0.5) is 11.6 Å². The second-order valence-corrected chi connectivity index (χ2v) is 24.8. The van der Waals surface area contributed by atoms with E-state index in [1.165, 1.54) is 12.1 Å². The summed E-state index contributed by atoms with van der Waals surface area (Å²) in [4.78, 5) is 24.5. The summed E-state index contributed by atoms with van der Waals surface area (Å²) in [5, 5.41) is 23.6. The van der Waals surface area contributed by atoms with Crippen LogP contribution in [0.1, 0.15) is 59.8 Å². The van der Waals surface area contributed by atoms with Crippen LogP contribution < -0.4 is 10.1 Å². The van der Waals surface area contributed by atoms with Crippen molar-refractivity contribution in [2.75, 3.05) is 31.7 Å². The summed E-state index contributed by atoms with van der Waals surface area (Å²) in [5.41, 5.74) is 1.95. The van der Waals surface area contributed by atoms with Gasteiger partial charge in [-0.05, 0) is 41.8 Å². The van der Waals surface area contributed by atoms with E-state index < -0.39 is 27.8 Å². The summed E-state index contributed by atoms with van der Waals surface area (Å²) in [7, 11) is -4.18. The Labute approximate surface area is 279 Å². The van der Waals surface area contributed by atoms with Gasteiger partial charge in [0.25, 0.3) is 5.69 Å². The van der Waals surface area contributed by atoms with E-state index in [0.717, 1.165) is 5.56 Å². The number of nitro benzene ring substituents is 1. The molecular formula is C32H52N6O7Si2.